The first-order chi connectivity index (χ1) is 11.8. The van der Waals surface area contributed by atoms with Gasteiger partial charge >= 0.3 is 0 Å². The molecular formula is C19H22N2O3. The number of aromatic hydroxyl groups is 1. The lowest BCUT2D eigenvalue weighted by molar-refractivity contribution is 0.0228. The highest BCUT2D eigenvalue weighted by Gasteiger charge is 2.32. The minimum Gasteiger partial charge on any atom is -0.506 e. The van der Waals surface area contributed by atoms with Gasteiger partial charge in [0.25, 0.3) is 0 Å². The van der Waals surface area contributed by atoms with Crippen molar-refractivity contribution in [1.82, 2.24) is 9.88 Å². The minimum absolute atomic E-state index is 0.0600. The molecule has 1 unspecified atom stereocenters. The van der Waals surface area contributed by atoms with Crippen LogP contribution in [0.25, 0.3) is 0 Å². The smallest absolute Gasteiger partial charge is 0.142 e. The highest BCUT2D eigenvalue weighted by atomic mass is 16.5. The van der Waals surface area contributed by atoms with Crippen molar-refractivity contribution in [2.45, 2.75) is 26.2 Å². The summed E-state index contributed by atoms with van der Waals surface area (Å²) in [5, 5.41) is 10.3. The first kappa shape index (κ1) is 15.6. The highest BCUT2D eigenvalue weighted by Crippen LogP contribution is 2.38. The predicted octanol–water partition coefficient (Wildman–Crippen LogP) is 2.55. The molecule has 1 aromatic heterocycles. The second-order valence-electron chi connectivity index (χ2n) is 6.34. The summed E-state index contributed by atoms with van der Waals surface area (Å²) in [6.45, 7) is 6.05. The normalized spacial score (nSPS) is 19.2. The van der Waals surface area contributed by atoms with E-state index in [2.05, 4.69) is 29.2 Å². The Bertz CT molecular complexity index is 727. The van der Waals surface area contributed by atoms with Crippen molar-refractivity contribution in [1.29, 1.82) is 0 Å². The summed E-state index contributed by atoms with van der Waals surface area (Å²) in [4.78, 5) is 7.20. The van der Waals surface area contributed by atoms with Gasteiger partial charge in [0.05, 0.1) is 43.9 Å². The van der Waals surface area contributed by atoms with Gasteiger partial charge in [0.2, 0.25) is 0 Å². The van der Waals surface area contributed by atoms with Crippen LogP contribution in [0.4, 0.5) is 0 Å². The number of hydrogen-bond donors (Lipinski definition) is 1. The molecular weight excluding hydrogens is 304 g/mol. The number of rotatable bonds is 3. The molecule has 0 spiro atoms. The maximum absolute atomic E-state index is 10.3. The molecule has 5 heteroatoms. The summed E-state index contributed by atoms with van der Waals surface area (Å²) in [6.07, 6.45) is 0. The standard InChI is InChI=1S/C19H22N2O3/c1-13-19(22)16-12-24-11-15(16)17(20-13)18(14-5-3-2-4-6-14)21-7-9-23-10-8-21/h2-6,18,22H,7-12H2,1H3. The molecule has 5 nitrogen and oxygen atoms in total. The van der Waals surface area contributed by atoms with Crippen LogP contribution in [0, 0.1) is 6.92 Å². The fourth-order valence-corrected chi connectivity index (χ4v) is 3.63. The quantitative estimate of drug-likeness (QED) is 0.939. The number of fused-ring (bicyclic) bond motifs is 1. The molecule has 3 heterocycles. The molecule has 0 radical (unpaired) electrons. The molecule has 24 heavy (non-hydrogen) atoms. The van der Waals surface area contributed by atoms with E-state index < -0.39 is 0 Å². The molecule has 0 bridgehead atoms. The Morgan fingerprint density at radius 3 is 2.50 bits per heavy atom. The van der Waals surface area contributed by atoms with Crippen molar-refractivity contribution in [3.05, 3.63) is 58.4 Å². The Morgan fingerprint density at radius 1 is 1.04 bits per heavy atom. The first-order valence-corrected chi connectivity index (χ1v) is 8.41. The monoisotopic (exact) mass is 326 g/mol. The second-order valence-corrected chi connectivity index (χ2v) is 6.34. The van der Waals surface area contributed by atoms with Crippen LogP contribution in [-0.4, -0.2) is 41.3 Å². The van der Waals surface area contributed by atoms with Crippen LogP contribution in [0.15, 0.2) is 30.3 Å². The van der Waals surface area contributed by atoms with Gasteiger partial charge in [-0.05, 0) is 12.5 Å². The van der Waals surface area contributed by atoms with E-state index in [9.17, 15) is 5.11 Å². The molecule has 1 N–H and O–H groups in total. The number of aryl methyl sites for hydroxylation is 1. The third kappa shape index (κ3) is 2.69. The zero-order chi connectivity index (χ0) is 16.5. The van der Waals surface area contributed by atoms with Crippen molar-refractivity contribution < 1.29 is 14.6 Å². The average molecular weight is 326 g/mol. The molecule has 126 valence electrons. The zero-order valence-electron chi connectivity index (χ0n) is 13.9. The number of ether oxygens (including phenoxy) is 2. The number of benzene rings is 1. The fraction of sp³-hybridized carbons (Fsp3) is 0.421. The molecule has 1 fully saturated rings. The van der Waals surface area contributed by atoms with Crippen LogP contribution >= 0.6 is 0 Å². The second kappa shape index (κ2) is 6.51. The highest BCUT2D eigenvalue weighted by molar-refractivity contribution is 5.48. The molecule has 1 atom stereocenters. The molecule has 2 aliphatic rings. The van der Waals surface area contributed by atoms with Gasteiger partial charge in [-0.3, -0.25) is 9.88 Å². The van der Waals surface area contributed by atoms with Crippen molar-refractivity contribution >= 4 is 0 Å². The van der Waals surface area contributed by atoms with Gasteiger partial charge < -0.3 is 14.6 Å². The van der Waals surface area contributed by atoms with Gasteiger partial charge in [0.15, 0.2) is 0 Å². The van der Waals surface area contributed by atoms with Crippen LogP contribution in [0.5, 0.6) is 5.75 Å². The van der Waals surface area contributed by atoms with Gasteiger partial charge in [-0.15, -0.1) is 0 Å². The Balaban J connectivity index is 1.85. The van der Waals surface area contributed by atoms with E-state index in [4.69, 9.17) is 14.5 Å². The van der Waals surface area contributed by atoms with E-state index >= 15 is 0 Å². The molecule has 0 aliphatic carbocycles. The SMILES string of the molecule is Cc1nc(C(c2ccccc2)N2CCOCC2)c2c(c1O)COC2. The topological polar surface area (TPSA) is 54.8 Å². The van der Waals surface area contributed by atoms with Gasteiger partial charge in [0, 0.05) is 24.2 Å². The van der Waals surface area contributed by atoms with Crippen LogP contribution in [0.2, 0.25) is 0 Å². The number of hydrogen-bond acceptors (Lipinski definition) is 5. The summed E-state index contributed by atoms with van der Waals surface area (Å²) < 4.78 is 11.2. The molecule has 1 saturated heterocycles. The van der Waals surface area contributed by atoms with E-state index in [0.717, 1.165) is 43.1 Å². The summed E-state index contributed by atoms with van der Waals surface area (Å²) in [7, 11) is 0. The van der Waals surface area contributed by atoms with Crippen molar-refractivity contribution in [2.24, 2.45) is 0 Å². The number of nitrogens with zero attached hydrogens (tertiary/aromatic N) is 2. The predicted molar refractivity (Wildman–Crippen MR) is 89.8 cm³/mol. The van der Waals surface area contributed by atoms with Crippen LogP contribution in [-0.2, 0) is 22.7 Å². The number of morpholine rings is 1. The van der Waals surface area contributed by atoms with E-state index in [1.807, 2.05) is 13.0 Å². The fourth-order valence-electron chi connectivity index (χ4n) is 3.63. The van der Waals surface area contributed by atoms with Gasteiger partial charge in [0.1, 0.15) is 5.75 Å². The molecule has 4 rings (SSSR count). The van der Waals surface area contributed by atoms with Crippen molar-refractivity contribution in [2.75, 3.05) is 26.3 Å². The molecule has 0 amide bonds. The number of aromatic nitrogens is 1. The first-order valence-electron chi connectivity index (χ1n) is 8.41. The summed E-state index contributed by atoms with van der Waals surface area (Å²) in [5.74, 6) is 0.278. The largest absolute Gasteiger partial charge is 0.506 e. The summed E-state index contributed by atoms with van der Waals surface area (Å²) in [5.41, 5.74) is 4.82. The van der Waals surface area contributed by atoms with Crippen LogP contribution in [0.3, 0.4) is 0 Å². The van der Waals surface area contributed by atoms with E-state index in [-0.39, 0.29) is 11.8 Å². The van der Waals surface area contributed by atoms with Crippen molar-refractivity contribution in [3.8, 4) is 5.75 Å². The van der Waals surface area contributed by atoms with Crippen LogP contribution in [0.1, 0.15) is 34.1 Å². The molecule has 2 aliphatic heterocycles. The Labute approximate surface area is 141 Å². The van der Waals surface area contributed by atoms with Gasteiger partial charge in [-0.1, -0.05) is 30.3 Å². The van der Waals surface area contributed by atoms with E-state index in [1.54, 1.807) is 0 Å². The third-order valence-electron chi connectivity index (χ3n) is 4.87. The zero-order valence-corrected chi connectivity index (χ0v) is 13.9. The Morgan fingerprint density at radius 2 is 1.75 bits per heavy atom. The van der Waals surface area contributed by atoms with Gasteiger partial charge in [-0.2, -0.15) is 0 Å². The molecule has 2 aromatic rings. The van der Waals surface area contributed by atoms with E-state index in [1.165, 1.54) is 5.56 Å². The van der Waals surface area contributed by atoms with E-state index in [0.29, 0.717) is 18.9 Å². The number of pyridine rings is 1. The maximum Gasteiger partial charge on any atom is 0.142 e. The van der Waals surface area contributed by atoms with Crippen LogP contribution < -0.4 is 0 Å². The lowest BCUT2D eigenvalue weighted by atomic mass is 9.95. The Hall–Kier alpha value is -1.95. The third-order valence-corrected chi connectivity index (χ3v) is 4.87. The lowest BCUT2D eigenvalue weighted by Gasteiger charge is -2.35. The molecule has 1 aromatic carbocycles. The summed E-state index contributed by atoms with van der Waals surface area (Å²) >= 11 is 0. The maximum atomic E-state index is 10.3. The van der Waals surface area contributed by atoms with Gasteiger partial charge in [-0.25, -0.2) is 0 Å². The van der Waals surface area contributed by atoms with Crippen molar-refractivity contribution in [3.63, 3.8) is 0 Å². The summed E-state index contributed by atoms with van der Waals surface area (Å²) in [6, 6.07) is 10.5. The molecule has 0 saturated carbocycles. The average Bonchev–Trinajstić information content (AvgIpc) is 3.11. The Kier molecular flexibility index (Phi) is 4.22. The lowest BCUT2D eigenvalue weighted by Crippen LogP contribution is -2.40. The minimum atomic E-state index is 0.0600.